The molecule has 3 rings (SSSR count). The van der Waals surface area contributed by atoms with E-state index < -0.39 is 48.7 Å². The Hall–Kier alpha value is -2.10. The van der Waals surface area contributed by atoms with Gasteiger partial charge in [0.05, 0.1) is 0 Å². The quantitative estimate of drug-likeness (QED) is 0.641. The predicted octanol–water partition coefficient (Wildman–Crippen LogP) is 3.41. The normalized spacial score (nSPS) is 23.2. The van der Waals surface area contributed by atoms with E-state index in [9.17, 15) is 27.6 Å². The molecule has 6 nitrogen and oxygen atoms in total. The van der Waals surface area contributed by atoms with E-state index in [0.717, 1.165) is 17.7 Å². The number of carbonyl (C=O) groups excluding carboxylic acids is 3. The summed E-state index contributed by atoms with van der Waals surface area (Å²) in [5.74, 6) is -1.57. The Balaban J connectivity index is 1.80. The van der Waals surface area contributed by atoms with Crippen LogP contribution >= 0.6 is 15.9 Å². The molecule has 1 N–H and O–H groups in total. The fraction of sp³-hybridized carbons (Fsp3) is 0.526. The van der Waals surface area contributed by atoms with Crippen molar-refractivity contribution >= 4 is 33.8 Å². The first-order valence-electron chi connectivity index (χ1n) is 9.19. The van der Waals surface area contributed by atoms with E-state index in [-0.39, 0.29) is 5.92 Å². The van der Waals surface area contributed by atoms with Gasteiger partial charge in [-0.1, -0.05) is 28.1 Å². The Kier molecular flexibility index (Phi) is 5.68. The van der Waals surface area contributed by atoms with Crippen molar-refractivity contribution in [3.63, 3.8) is 0 Å². The Labute approximate surface area is 174 Å². The fourth-order valence-electron chi connectivity index (χ4n) is 3.55. The highest BCUT2D eigenvalue weighted by atomic mass is 79.9. The molecule has 1 aromatic rings. The van der Waals surface area contributed by atoms with Gasteiger partial charge in [0.2, 0.25) is 5.91 Å². The van der Waals surface area contributed by atoms with Crippen LogP contribution < -0.4 is 5.32 Å². The molecule has 1 saturated carbocycles. The smallest absolute Gasteiger partial charge is 0.329 e. The molecule has 1 aliphatic carbocycles. The van der Waals surface area contributed by atoms with E-state index in [4.69, 9.17) is 0 Å². The SMILES string of the molecule is C[C@@H](C1CC1)N(CC(F)(F)F)C(=O)CN1C(=O)N[C@](C)(c2cccc(Br)c2)C1=O. The second-order valence-corrected chi connectivity index (χ2v) is 8.59. The number of carbonyl (C=O) groups is 3. The van der Waals surface area contributed by atoms with E-state index in [0.29, 0.717) is 14.9 Å². The van der Waals surface area contributed by atoms with Crippen LogP contribution in [0, 0.1) is 5.92 Å². The standard InChI is InChI=1S/C19H21BrF3N3O3/c1-11(12-6-7-12)26(10-19(21,22)23)15(27)9-25-16(28)18(2,24-17(25)29)13-4-3-5-14(20)8-13/h3-5,8,11-12H,6-7,9-10H2,1-2H3,(H,24,29)/t11-,18+/m0/s1. The number of alkyl halides is 3. The summed E-state index contributed by atoms with van der Waals surface area (Å²) in [7, 11) is 0. The van der Waals surface area contributed by atoms with E-state index in [1.165, 1.54) is 6.92 Å². The molecule has 2 fully saturated rings. The second-order valence-electron chi connectivity index (χ2n) is 7.67. The van der Waals surface area contributed by atoms with Crippen LogP contribution in [-0.2, 0) is 15.1 Å². The summed E-state index contributed by atoms with van der Waals surface area (Å²) >= 11 is 3.30. The lowest BCUT2D eigenvalue weighted by Gasteiger charge is -2.31. The minimum Gasteiger partial charge on any atom is -0.329 e. The number of benzene rings is 1. The van der Waals surface area contributed by atoms with Gasteiger partial charge in [0.15, 0.2) is 0 Å². The van der Waals surface area contributed by atoms with Gasteiger partial charge >= 0.3 is 12.2 Å². The van der Waals surface area contributed by atoms with Crippen LogP contribution in [0.4, 0.5) is 18.0 Å². The van der Waals surface area contributed by atoms with Crippen molar-refractivity contribution in [2.24, 2.45) is 5.92 Å². The fourth-order valence-corrected chi connectivity index (χ4v) is 3.95. The molecule has 0 aromatic heterocycles. The molecule has 0 radical (unpaired) electrons. The largest absolute Gasteiger partial charge is 0.406 e. The van der Waals surface area contributed by atoms with Gasteiger partial charge in [-0.15, -0.1) is 0 Å². The minimum absolute atomic E-state index is 0.0105. The molecule has 10 heteroatoms. The maximum absolute atomic E-state index is 13.0. The summed E-state index contributed by atoms with van der Waals surface area (Å²) in [5.41, 5.74) is -0.906. The number of imide groups is 1. The monoisotopic (exact) mass is 475 g/mol. The van der Waals surface area contributed by atoms with Crippen molar-refractivity contribution in [2.75, 3.05) is 13.1 Å². The van der Waals surface area contributed by atoms with Gasteiger partial charge in [-0.05, 0) is 50.3 Å². The maximum atomic E-state index is 13.0. The van der Waals surface area contributed by atoms with E-state index in [1.54, 1.807) is 31.2 Å². The Morgan fingerprint density at radius 3 is 2.59 bits per heavy atom. The number of rotatable bonds is 6. The number of hydrogen-bond donors (Lipinski definition) is 1. The maximum Gasteiger partial charge on any atom is 0.406 e. The number of halogens is 4. The molecule has 0 unspecified atom stereocenters. The molecule has 1 heterocycles. The molecule has 4 amide bonds. The topological polar surface area (TPSA) is 69.7 Å². The van der Waals surface area contributed by atoms with Gasteiger partial charge in [-0.25, -0.2) is 4.79 Å². The average molecular weight is 476 g/mol. The van der Waals surface area contributed by atoms with Crippen LogP contribution in [0.15, 0.2) is 28.7 Å². The predicted molar refractivity (Wildman–Crippen MR) is 102 cm³/mol. The Morgan fingerprint density at radius 2 is 2.03 bits per heavy atom. The van der Waals surface area contributed by atoms with Crippen LogP contribution in [0.2, 0.25) is 0 Å². The molecule has 0 spiro atoms. The highest BCUT2D eigenvalue weighted by Crippen LogP contribution is 2.36. The van der Waals surface area contributed by atoms with Gasteiger partial charge in [0, 0.05) is 10.5 Å². The molecular weight excluding hydrogens is 455 g/mol. The Morgan fingerprint density at radius 1 is 1.38 bits per heavy atom. The van der Waals surface area contributed by atoms with E-state index in [2.05, 4.69) is 21.2 Å². The molecule has 1 aromatic carbocycles. The number of nitrogens with one attached hydrogen (secondary N) is 1. The number of hydrogen-bond acceptors (Lipinski definition) is 3. The highest BCUT2D eigenvalue weighted by molar-refractivity contribution is 9.10. The molecule has 1 saturated heterocycles. The summed E-state index contributed by atoms with van der Waals surface area (Å²) in [6.07, 6.45) is -3.05. The van der Waals surface area contributed by atoms with Crippen LogP contribution in [-0.4, -0.2) is 53.0 Å². The lowest BCUT2D eigenvalue weighted by Crippen LogP contribution is -2.50. The van der Waals surface area contributed by atoms with Crippen molar-refractivity contribution < 1.29 is 27.6 Å². The van der Waals surface area contributed by atoms with E-state index >= 15 is 0 Å². The van der Waals surface area contributed by atoms with Gasteiger partial charge in [0.1, 0.15) is 18.6 Å². The molecule has 1 aliphatic heterocycles. The number of amides is 4. The lowest BCUT2D eigenvalue weighted by atomic mass is 9.92. The molecule has 158 valence electrons. The van der Waals surface area contributed by atoms with Gasteiger partial charge in [-0.2, -0.15) is 13.2 Å². The summed E-state index contributed by atoms with van der Waals surface area (Å²) in [6.45, 7) is 0.927. The molecule has 2 aliphatic rings. The molecule has 29 heavy (non-hydrogen) atoms. The zero-order valence-electron chi connectivity index (χ0n) is 15.9. The average Bonchev–Trinajstić information content (AvgIpc) is 3.44. The lowest BCUT2D eigenvalue weighted by molar-refractivity contribution is -0.166. The summed E-state index contributed by atoms with van der Waals surface area (Å²) in [4.78, 5) is 39.5. The number of nitrogens with zero attached hydrogens (tertiary/aromatic N) is 2. The molecule has 0 bridgehead atoms. The van der Waals surface area contributed by atoms with Gasteiger partial charge in [0.25, 0.3) is 5.91 Å². The van der Waals surface area contributed by atoms with Crippen LogP contribution in [0.1, 0.15) is 32.3 Å². The van der Waals surface area contributed by atoms with Crippen molar-refractivity contribution in [3.05, 3.63) is 34.3 Å². The molecular formula is C19H21BrF3N3O3. The zero-order chi connectivity index (χ0) is 21.6. The first kappa shape index (κ1) is 21.6. The van der Waals surface area contributed by atoms with Crippen LogP contribution in [0.5, 0.6) is 0 Å². The third-order valence-electron chi connectivity index (χ3n) is 5.44. The summed E-state index contributed by atoms with van der Waals surface area (Å²) < 4.78 is 39.7. The van der Waals surface area contributed by atoms with Crippen molar-refractivity contribution in [2.45, 2.75) is 44.4 Å². The molecule has 2 atom stereocenters. The zero-order valence-corrected chi connectivity index (χ0v) is 17.5. The van der Waals surface area contributed by atoms with Gasteiger partial charge in [-0.3, -0.25) is 14.5 Å². The van der Waals surface area contributed by atoms with Crippen molar-refractivity contribution in [1.29, 1.82) is 0 Å². The van der Waals surface area contributed by atoms with Crippen LogP contribution in [0.3, 0.4) is 0 Å². The summed E-state index contributed by atoms with van der Waals surface area (Å²) in [6, 6.07) is 5.34. The highest BCUT2D eigenvalue weighted by Gasteiger charge is 2.50. The Bertz CT molecular complexity index is 843. The first-order chi connectivity index (χ1) is 13.4. The summed E-state index contributed by atoms with van der Waals surface area (Å²) in [5, 5.41) is 2.55. The first-order valence-corrected chi connectivity index (χ1v) is 9.98. The second kappa shape index (κ2) is 7.62. The number of urea groups is 1. The third kappa shape index (κ3) is 4.57. The van der Waals surface area contributed by atoms with E-state index in [1.807, 2.05) is 0 Å². The van der Waals surface area contributed by atoms with Gasteiger partial charge < -0.3 is 10.2 Å². The minimum atomic E-state index is -4.57. The van der Waals surface area contributed by atoms with Crippen LogP contribution in [0.25, 0.3) is 0 Å². The van der Waals surface area contributed by atoms with Crippen molar-refractivity contribution in [3.8, 4) is 0 Å². The third-order valence-corrected chi connectivity index (χ3v) is 5.93. The van der Waals surface area contributed by atoms with Crippen molar-refractivity contribution in [1.82, 2.24) is 15.1 Å².